The molecule has 2 aromatic rings. The topological polar surface area (TPSA) is 55.9 Å². The van der Waals surface area contributed by atoms with Crippen molar-refractivity contribution >= 4 is 27.5 Å². The van der Waals surface area contributed by atoms with E-state index in [1.54, 1.807) is 22.9 Å². The molecular weight excluding hydrogens is 335 g/mol. The van der Waals surface area contributed by atoms with Crippen molar-refractivity contribution in [3.05, 3.63) is 51.0 Å². The van der Waals surface area contributed by atoms with Gasteiger partial charge in [-0.15, -0.1) is 0 Å². The number of hydrogen-bond acceptors (Lipinski definition) is 3. The average molecular weight is 348 g/mol. The number of hydrazine groups is 1. The summed E-state index contributed by atoms with van der Waals surface area (Å²) < 4.78 is 16.2. The average Bonchev–Trinajstić information content (AvgIpc) is 2.77. The van der Waals surface area contributed by atoms with E-state index in [1.807, 2.05) is 6.92 Å². The minimum Gasteiger partial charge on any atom is -0.271 e. The number of benzene rings is 1. The van der Waals surface area contributed by atoms with E-state index in [9.17, 15) is 4.39 Å². The van der Waals surface area contributed by atoms with Crippen LogP contribution in [-0.4, -0.2) is 9.78 Å². The molecule has 102 valence electrons. The van der Waals surface area contributed by atoms with Crippen molar-refractivity contribution in [1.29, 1.82) is 0 Å². The lowest BCUT2D eigenvalue weighted by Gasteiger charge is -2.19. The minimum absolute atomic E-state index is 0.370. The van der Waals surface area contributed by atoms with Gasteiger partial charge in [-0.1, -0.05) is 23.7 Å². The van der Waals surface area contributed by atoms with Crippen LogP contribution in [0, 0.1) is 5.82 Å². The van der Waals surface area contributed by atoms with Gasteiger partial charge in [0.05, 0.1) is 27.4 Å². The molecular formula is C12H13BrClFN4. The third-order valence-electron chi connectivity index (χ3n) is 2.87. The van der Waals surface area contributed by atoms with Crippen LogP contribution >= 0.6 is 27.5 Å². The fourth-order valence-corrected chi connectivity index (χ4v) is 2.60. The fourth-order valence-electron chi connectivity index (χ4n) is 1.97. The summed E-state index contributed by atoms with van der Waals surface area (Å²) in [4.78, 5) is 0. The Hall–Kier alpha value is -0.950. The number of halogens is 3. The monoisotopic (exact) mass is 346 g/mol. The minimum atomic E-state index is -0.563. The summed E-state index contributed by atoms with van der Waals surface area (Å²) in [6.07, 6.45) is 1.53. The summed E-state index contributed by atoms with van der Waals surface area (Å²) in [5.74, 6) is 5.21. The van der Waals surface area contributed by atoms with Crippen LogP contribution in [0.4, 0.5) is 4.39 Å². The second-order valence-corrected chi connectivity index (χ2v) is 5.20. The summed E-state index contributed by atoms with van der Waals surface area (Å²) >= 11 is 9.29. The number of nitrogens with zero attached hydrogens (tertiary/aromatic N) is 2. The zero-order chi connectivity index (χ0) is 14.0. The SMILES string of the molecule is CCn1ncc(Cl)c1C(NN)c1cccc(Br)c1F. The zero-order valence-corrected chi connectivity index (χ0v) is 12.5. The molecule has 0 aliphatic rings. The Morgan fingerprint density at radius 2 is 2.32 bits per heavy atom. The summed E-state index contributed by atoms with van der Waals surface area (Å²) in [6.45, 7) is 2.55. The molecule has 2 rings (SSSR count). The van der Waals surface area contributed by atoms with E-state index in [2.05, 4.69) is 26.5 Å². The van der Waals surface area contributed by atoms with E-state index in [0.29, 0.717) is 27.3 Å². The number of aromatic nitrogens is 2. The maximum atomic E-state index is 14.2. The molecule has 0 amide bonds. The maximum absolute atomic E-state index is 14.2. The molecule has 0 bridgehead atoms. The van der Waals surface area contributed by atoms with Crippen molar-refractivity contribution in [3.63, 3.8) is 0 Å². The Labute approximate surface area is 123 Å². The van der Waals surface area contributed by atoms with Gasteiger partial charge >= 0.3 is 0 Å². The van der Waals surface area contributed by atoms with Crippen molar-refractivity contribution in [2.45, 2.75) is 19.5 Å². The van der Waals surface area contributed by atoms with Gasteiger partial charge in [-0.3, -0.25) is 10.5 Å². The van der Waals surface area contributed by atoms with E-state index < -0.39 is 6.04 Å². The molecule has 1 aromatic carbocycles. The van der Waals surface area contributed by atoms with E-state index in [-0.39, 0.29) is 5.82 Å². The Kier molecular flexibility index (Phi) is 4.57. The van der Waals surface area contributed by atoms with Gasteiger partial charge in [0.1, 0.15) is 5.82 Å². The van der Waals surface area contributed by atoms with Crippen molar-refractivity contribution in [3.8, 4) is 0 Å². The van der Waals surface area contributed by atoms with Crippen LogP contribution in [0.15, 0.2) is 28.9 Å². The van der Waals surface area contributed by atoms with Crippen molar-refractivity contribution < 1.29 is 4.39 Å². The summed E-state index contributed by atoms with van der Waals surface area (Å²) in [7, 11) is 0. The standard InChI is InChI=1S/C12H13BrClFN4/c1-2-19-12(9(14)6-17-19)11(18-16)7-4-3-5-8(13)10(7)15/h3-6,11,18H,2,16H2,1H3. The van der Waals surface area contributed by atoms with Crippen LogP contribution in [-0.2, 0) is 6.54 Å². The molecule has 0 radical (unpaired) electrons. The van der Waals surface area contributed by atoms with Crippen molar-refractivity contribution in [2.24, 2.45) is 5.84 Å². The van der Waals surface area contributed by atoms with Crippen LogP contribution in [0.25, 0.3) is 0 Å². The van der Waals surface area contributed by atoms with Gasteiger partial charge in [-0.2, -0.15) is 5.10 Å². The molecule has 19 heavy (non-hydrogen) atoms. The predicted octanol–water partition coefficient (Wildman–Crippen LogP) is 3.01. The largest absolute Gasteiger partial charge is 0.271 e. The third kappa shape index (κ3) is 2.67. The molecule has 0 fully saturated rings. The first-order valence-electron chi connectivity index (χ1n) is 5.71. The Balaban J connectivity index is 2.56. The molecule has 0 aliphatic heterocycles. The molecule has 0 spiro atoms. The predicted molar refractivity (Wildman–Crippen MR) is 76.2 cm³/mol. The van der Waals surface area contributed by atoms with Crippen LogP contribution in [0.5, 0.6) is 0 Å². The van der Waals surface area contributed by atoms with Crippen molar-refractivity contribution in [1.82, 2.24) is 15.2 Å². The molecule has 1 heterocycles. The maximum Gasteiger partial charge on any atom is 0.142 e. The molecule has 1 aromatic heterocycles. The van der Waals surface area contributed by atoms with Gasteiger partial charge in [0.15, 0.2) is 0 Å². The lowest BCUT2D eigenvalue weighted by molar-refractivity contribution is 0.514. The molecule has 7 heteroatoms. The molecule has 0 saturated heterocycles. The van der Waals surface area contributed by atoms with Gasteiger partial charge in [0, 0.05) is 12.1 Å². The smallest absolute Gasteiger partial charge is 0.142 e. The number of nitrogens with two attached hydrogens (primary N) is 1. The van der Waals surface area contributed by atoms with Gasteiger partial charge in [-0.05, 0) is 28.9 Å². The first-order chi connectivity index (χ1) is 9.10. The Morgan fingerprint density at radius 1 is 1.58 bits per heavy atom. The molecule has 4 nitrogen and oxygen atoms in total. The van der Waals surface area contributed by atoms with E-state index >= 15 is 0 Å². The normalized spacial score (nSPS) is 12.7. The summed E-state index contributed by atoms with van der Waals surface area (Å²) in [6, 6.07) is 4.47. The summed E-state index contributed by atoms with van der Waals surface area (Å²) in [5, 5.41) is 4.58. The van der Waals surface area contributed by atoms with Crippen LogP contribution in [0.3, 0.4) is 0 Å². The number of nitrogens with one attached hydrogen (secondary N) is 1. The molecule has 3 N–H and O–H groups in total. The lowest BCUT2D eigenvalue weighted by Crippen LogP contribution is -2.31. The van der Waals surface area contributed by atoms with Crippen LogP contribution < -0.4 is 11.3 Å². The van der Waals surface area contributed by atoms with E-state index in [0.717, 1.165) is 0 Å². The molecule has 1 unspecified atom stereocenters. The fraction of sp³-hybridized carbons (Fsp3) is 0.250. The highest BCUT2D eigenvalue weighted by molar-refractivity contribution is 9.10. The molecule has 0 aliphatic carbocycles. The van der Waals surface area contributed by atoms with Crippen molar-refractivity contribution in [2.75, 3.05) is 0 Å². The van der Waals surface area contributed by atoms with Crippen LogP contribution in [0.1, 0.15) is 24.2 Å². The van der Waals surface area contributed by atoms with Gasteiger partial charge in [-0.25, -0.2) is 9.82 Å². The number of aryl methyl sites for hydroxylation is 1. The summed E-state index contributed by atoms with van der Waals surface area (Å²) in [5.41, 5.74) is 3.65. The third-order valence-corrected chi connectivity index (χ3v) is 3.77. The second-order valence-electron chi connectivity index (χ2n) is 3.94. The zero-order valence-electron chi connectivity index (χ0n) is 10.2. The van der Waals surface area contributed by atoms with E-state index in [4.69, 9.17) is 17.4 Å². The lowest BCUT2D eigenvalue weighted by atomic mass is 10.0. The Morgan fingerprint density at radius 3 is 2.95 bits per heavy atom. The highest BCUT2D eigenvalue weighted by Gasteiger charge is 2.24. The number of hydrogen-bond donors (Lipinski definition) is 2. The second kappa shape index (κ2) is 6.00. The quantitative estimate of drug-likeness (QED) is 0.660. The van der Waals surface area contributed by atoms with Gasteiger partial charge < -0.3 is 0 Å². The van der Waals surface area contributed by atoms with Crippen LogP contribution in [0.2, 0.25) is 5.02 Å². The van der Waals surface area contributed by atoms with E-state index in [1.165, 1.54) is 6.20 Å². The number of rotatable bonds is 4. The van der Waals surface area contributed by atoms with Gasteiger partial charge in [0.25, 0.3) is 0 Å². The molecule has 1 atom stereocenters. The Bertz CT molecular complexity index is 587. The highest BCUT2D eigenvalue weighted by Crippen LogP contribution is 2.31. The first-order valence-corrected chi connectivity index (χ1v) is 6.88. The highest BCUT2D eigenvalue weighted by atomic mass is 79.9. The first kappa shape index (κ1) is 14.5. The van der Waals surface area contributed by atoms with Gasteiger partial charge in [0.2, 0.25) is 0 Å². The molecule has 0 saturated carbocycles.